The van der Waals surface area contributed by atoms with Gasteiger partial charge in [0, 0.05) is 54.0 Å². The molecule has 0 unspecified atom stereocenters. The number of thiazole rings is 1. The van der Waals surface area contributed by atoms with Crippen molar-refractivity contribution in [1.29, 1.82) is 0 Å². The summed E-state index contributed by atoms with van der Waals surface area (Å²) in [5.41, 5.74) is 4.54. The number of ether oxygens (including phenoxy) is 6. The second kappa shape index (κ2) is 26.3. The number of benzene rings is 3. The number of methoxy groups -OCH3 is 2. The smallest absolute Gasteiger partial charge is 0.303 e. The minimum absolute atomic E-state index is 0.0254. The first-order valence-electron chi connectivity index (χ1n) is 21.8. The molecule has 0 fully saturated rings. The van der Waals surface area contributed by atoms with E-state index in [1.807, 2.05) is 45.9 Å². The van der Waals surface area contributed by atoms with Crippen LogP contribution in [0.1, 0.15) is 36.3 Å². The molecule has 2 heterocycles. The maximum atomic E-state index is 12.0. The van der Waals surface area contributed by atoms with Crippen molar-refractivity contribution in [2.24, 2.45) is 0 Å². The van der Waals surface area contributed by atoms with Crippen LogP contribution in [0.5, 0.6) is 0 Å². The second-order valence-corrected chi connectivity index (χ2v) is 21.3. The summed E-state index contributed by atoms with van der Waals surface area (Å²) in [5, 5.41) is 10.9. The molecule has 1 N–H and O–H groups in total. The number of carbonyl (C=O) groups is 1. The van der Waals surface area contributed by atoms with E-state index in [9.17, 15) is 35.8 Å². The van der Waals surface area contributed by atoms with E-state index < -0.39 is 26.2 Å². The number of anilines is 1. The molecule has 1 aromatic heterocycles. The van der Waals surface area contributed by atoms with Gasteiger partial charge in [-0.3, -0.25) is 4.79 Å². The van der Waals surface area contributed by atoms with Gasteiger partial charge in [-0.05, 0) is 90.9 Å². The third kappa shape index (κ3) is 15.8. The lowest BCUT2D eigenvalue weighted by Crippen LogP contribution is -2.37. The lowest BCUT2D eigenvalue weighted by atomic mass is 9.94. The molecular weight excluding hydrogens is 977 g/mol. The normalized spacial score (nSPS) is 15.7. The molecule has 0 atom stereocenters. The summed E-state index contributed by atoms with van der Waals surface area (Å²) in [6.07, 6.45) is 10.9. The van der Waals surface area contributed by atoms with Crippen molar-refractivity contribution in [1.82, 2.24) is 0 Å². The number of aryl methyl sites for hydroxylation is 1. The van der Waals surface area contributed by atoms with Gasteiger partial charge in [0.05, 0.1) is 80.0 Å². The Bertz CT molecular complexity index is 2700. The number of allylic oxidation sites excluding steroid dienone is 5. The predicted molar refractivity (Wildman–Crippen MR) is 259 cm³/mol. The Labute approximate surface area is 410 Å². The maximum Gasteiger partial charge on any atom is 0.303 e. The SMILES string of the molecule is COCCOCCOCCN1/C(=C/C=C2\CCCC(/C=C/c3sc4cc(S(=O)(=O)[O-])ccc4[n+]3CCOCCOCCOC)=C2Sc2ccc(CCC(=O)O)cc2)Sc2cc(S(=O)(=O)[O-])ccc21. The van der Waals surface area contributed by atoms with Crippen LogP contribution in [0.4, 0.5) is 5.69 Å². The molecule has 21 heteroatoms. The Morgan fingerprint density at radius 3 is 2.07 bits per heavy atom. The second-order valence-electron chi connectivity index (χ2n) is 15.3. The number of fused-ring (bicyclic) bond motifs is 2. The fraction of sp³-hybridized carbons (Fsp3) is 0.404. The number of thioether (sulfide) groups is 2. The number of carboxylic acid groups (broad SMARTS) is 1. The highest BCUT2D eigenvalue weighted by molar-refractivity contribution is 8.04. The topological polar surface area (TPSA) is 214 Å². The molecule has 16 nitrogen and oxygen atoms in total. The minimum atomic E-state index is -4.69. The molecule has 0 spiro atoms. The van der Waals surface area contributed by atoms with Crippen molar-refractivity contribution in [3.8, 4) is 0 Å². The van der Waals surface area contributed by atoms with Crippen LogP contribution in [0.25, 0.3) is 16.3 Å². The van der Waals surface area contributed by atoms with Crippen LogP contribution in [0.15, 0.2) is 120 Å². The molecule has 0 saturated carbocycles. The van der Waals surface area contributed by atoms with E-state index in [4.69, 9.17) is 28.4 Å². The molecule has 2 aliphatic rings. The lowest BCUT2D eigenvalue weighted by molar-refractivity contribution is -0.670. The van der Waals surface area contributed by atoms with Gasteiger partial charge >= 0.3 is 5.97 Å². The summed E-state index contributed by atoms with van der Waals surface area (Å²) in [5.74, 6) is -0.864. The Balaban J connectivity index is 1.34. The van der Waals surface area contributed by atoms with Gasteiger partial charge in [-0.25, -0.2) is 16.8 Å². The van der Waals surface area contributed by atoms with E-state index in [0.29, 0.717) is 95.2 Å². The van der Waals surface area contributed by atoms with Crippen LogP contribution in [-0.4, -0.2) is 124 Å². The van der Waals surface area contributed by atoms with E-state index in [1.54, 1.807) is 38.1 Å². The molecule has 68 heavy (non-hydrogen) atoms. The van der Waals surface area contributed by atoms with Crippen LogP contribution < -0.4 is 9.47 Å². The van der Waals surface area contributed by atoms with Crippen LogP contribution in [0.3, 0.4) is 0 Å². The highest BCUT2D eigenvalue weighted by Crippen LogP contribution is 2.48. The number of hydrogen-bond acceptors (Lipinski definition) is 17. The van der Waals surface area contributed by atoms with Crippen LogP contribution in [0.2, 0.25) is 0 Å². The van der Waals surface area contributed by atoms with Crippen molar-refractivity contribution in [2.75, 3.05) is 91.7 Å². The summed E-state index contributed by atoms with van der Waals surface area (Å²) in [4.78, 5) is 15.3. The van der Waals surface area contributed by atoms with Crippen molar-refractivity contribution >= 4 is 83.0 Å². The average molecular weight is 1030 g/mol. The number of rotatable bonds is 28. The van der Waals surface area contributed by atoms with Gasteiger partial charge in [-0.2, -0.15) is 4.57 Å². The van der Waals surface area contributed by atoms with Crippen molar-refractivity contribution in [3.63, 3.8) is 0 Å². The third-order valence-electron chi connectivity index (χ3n) is 10.6. The van der Waals surface area contributed by atoms with Crippen LogP contribution in [0, 0.1) is 0 Å². The molecule has 6 rings (SSSR count). The summed E-state index contributed by atoms with van der Waals surface area (Å²) in [6, 6.07) is 16.6. The van der Waals surface area contributed by atoms with E-state index in [2.05, 4.69) is 12.2 Å². The van der Waals surface area contributed by atoms with E-state index in [1.165, 1.54) is 47.4 Å². The van der Waals surface area contributed by atoms with Gasteiger partial charge in [0.15, 0.2) is 6.54 Å². The molecule has 0 bridgehead atoms. The third-order valence-corrected chi connectivity index (χ3v) is 15.7. The van der Waals surface area contributed by atoms with Gasteiger partial charge in [0.2, 0.25) is 5.52 Å². The molecule has 4 aromatic rings. The highest BCUT2D eigenvalue weighted by atomic mass is 32.2. The summed E-state index contributed by atoms with van der Waals surface area (Å²) >= 11 is 4.33. The zero-order valence-electron chi connectivity index (χ0n) is 37.8. The van der Waals surface area contributed by atoms with Crippen molar-refractivity contribution in [3.05, 3.63) is 111 Å². The number of aliphatic carboxylic acids is 1. The summed E-state index contributed by atoms with van der Waals surface area (Å²) in [7, 11) is -6.16. The summed E-state index contributed by atoms with van der Waals surface area (Å²) < 4.78 is 108. The Kier molecular flexibility index (Phi) is 20.7. The zero-order valence-corrected chi connectivity index (χ0v) is 41.9. The van der Waals surface area contributed by atoms with E-state index >= 15 is 0 Å². The predicted octanol–water partition coefficient (Wildman–Crippen LogP) is 7.00. The average Bonchev–Trinajstić information content (AvgIpc) is 3.85. The molecule has 1 aliphatic heterocycles. The Hall–Kier alpha value is -3.94. The fourth-order valence-electron chi connectivity index (χ4n) is 7.22. The molecule has 3 aromatic carbocycles. The largest absolute Gasteiger partial charge is 0.744 e. The number of aromatic nitrogens is 1. The highest BCUT2D eigenvalue weighted by Gasteiger charge is 2.27. The Morgan fingerprint density at radius 1 is 0.779 bits per heavy atom. The maximum absolute atomic E-state index is 12.0. The van der Waals surface area contributed by atoms with E-state index in [-0.39, 0.29) is 16.2 Å². The number of carboxylic acids is 1. The van der Waals surface area contributed by atoms with Gasteiger partial charge in [0.25, 0.3) is 5.01 Å². The molecule has 1 aliphatic carbocycles. The molecule has 368 valence electrons. The van der Waals surface area contributed by atoms with E-state index in [0.717, 1.165) is 67.0 Å². The van der Waals surface area contributed by atoms with Gasteiger partial charge in [-0.15, -0.1) is 0 Å². The first-order valence-corrected chi connectivity index (χ1v) is 27.1. The van der Waals surface area contributed by atoms with Crippen molar-refractivity contribution in [2.45, 2.75) is 58.2 Å². The molecule has 0 radical (unpaired) electrons. The lowest BCUT2D eigenvalue weighted by Gasteiger charge is -2.22. The van der Waals surface area contributed by atoms with Crippen molar-refractivity contribution < 1.29 is 68.8 Å². The number of hydrogen-bond donors (Lipinski definition) is 1. The zero-order chi connectivity index (χ0) is 48.5. The van der Waals surface area contributed by atoms with Crippen LogP contribution in [-0.2, 0) is 66.4 Å². The van der Waals surface area contributed by atoms with Crippen LogP contribution >= 0.6 is 34.9 Å². The summed E-state index contributed by atoms with van der Waals surface area (Å²) in [6.45, 7) is 5.02. The fourth-order valence-corrected chi connectivity index (χ4v) is 11.7. The van der Waals surface area contributed by atoms with Gasteiger partial charge < -0.3 is 47.5 Å². The monoisotopic (exact) mass is 1030 g/mol. The van der Waals surface area contributed by atoms with Gasteiger partial charge in [0.1, 0.15) is 31.5 Å². The molecular formula is C47H55N2O14S5-. The minimum Gasteiger partial charge on any atom is -0.744 e. The first-order chi connectivity index (χ1) is 32.7. The standard InChI is InChI=1S/C47H56N2O14S5/c1-58-24-26-62-30-28-60-22-20-48-40-15-13-38(67(52,53)54)32-42(40)65-44(48)17-9-35-4-3-5-36(47(35)64-37-11-6-34(7-12-37)8-19-46(50)51)10-18-45-49(21-23-61-29-31-63-27-25-59-2)41-16-14-39(68(55,56)57)33-43(41)66-45/h6-7,9-18,32-33H,3-5,8,19-31H2,1-2H3,(H2-,50,51,52,53,54,55,56,57)/p-1. The molecule has 0 amide bonds. The van der Waals surface area contributed by atoms with Gasteiger partial charge in [-0.1, -0.05) is 59.1 Å². The quantitative estimate of drug-likeness (QED) is 0.0344. The molecule has 0 saturated heterocycles. The Morgan fingerprint density at radius 2 is 1.41 bits per heavy atom. The first kappa shape index (κ1) is 53.4. The number of nitrogens with zero attached hydrogens (tertiary/aromatic N) is 2.